The van der Waals surface area contributed by atoms with Crippen molar-refractivity contribution >= 4 is 17.7 Å². The van der Waals surface area contributed by atoms with Crippen molar-refractivity contribution in [2.24, 2.45) is 0 Å². The molecule has 25 heavy (non-hydrogen) atoms. The van der Waals surface area contributed by atoms with E-state index in [0.717, 1.165) is 36.1 Å². The van der Waals surface area contributed by atoms with Crippen LogP contribution < -0.4 is 10.1 Å². The van der Waals surface area contributed by atoms with Gasteiger partial charge in [0.25, 0.3) is 0 Å². The molecule has 1 fully saturated rings. The summed E-state index contributed by atoms with van der Waals surface area (Å²) in [6.45, 7) is 6.78. The highest BCUT2D eigenvalue weighted by molar-refractivity contribution is 7.99. The molecule has 0 radical (unpaired) electrons. The standard InChI is InChI=1S/C18H24N4O2S/c1-4-22-17(13(3)24-15-9-5-12(2)6-10-15)20-21-18(22)25-11-16(23)19-14-7-8-14/h5-6,9-10,13-14H,4,7-8,11H2,1-3H3,(H,19,23). The summed E-state index contributed by atoms with van der Waals surface area (Å²) in [6, 6.07) is 8.33. The van der Waals surface area contributed by atoms with Crippen molar-refractivity contribution in [2.75, 3.05) is 5.75 Å². The number of nitrogens with zero attached hydrogens (tertiary/aromatic N) is 3. The van der Waals surface area contributed by atoms with Crippen LogP contribution in [0.3, 0.4) is 0 Å². The van der Waals surface area contributed by atoms with Gasteiger partial charge < -0.3 is 14.6 Å². The fourth-order valence-electron chi connectivity index (χ4n) is 2.51. The van der Waals surface area contributed by atoms with E-state index in [0.29, 0.717) is 11.8 Å². The van der Waals surface area contributed by atoms with E-state index < -0.39 is 0 Å². The number of carbonyl (C=O) groups is 1. The van der Waals surface area contributed by atoms with Crippen molar-refractivity contribution < 1.29 is 9.53 Å². The van der Waals surface area contributed by atoms with Gasteiger partial charge in [0.1, 0.15) is 5.75 Å². The van der Waals surface area contributed by atoms with Crippen molar-refractivity contribution in [3.8, 4) is 5.75 Å². The summed E-state index contributed by atoms with van der Waals surface area (Å²) in [4.78, 5) is 11.9. The summed E-state index contributed by atoms with van der Waals surface area (Å²) in [5.41, 5.74) is 1.19. The van der Waals surface area contributed by atoms with Crippen LogP contribution in [0.25, 0.3) is 0 Å². The van der Waals surface area contributed by atoms with Crippen LogP contribution in [0.2, 0.25) is 0 Å². The van der Waals surface area contributed by atoms with E-state index in [2.05, 4.69) is 15.5 Å². The molecule has 1 atom stereocenters. The van der Waals surface area contributed by atoms with Crippen LogP contribution in [0.4, 0.5) is 0 Å². The lowest BCUT2D eigenvalue weighted by Crippen LogP contribution is -2.27. The van der Waals surface area contributed by atoms with Gasteiger partial charge in [-0.25, -0.2) is 0 Å². The van der Waals surface area contributed by atoms with Crippen LogP contribution in [0.5, 0.6) is 5.75 Å². The first-order valence-electron chi connectivity index (χ1n) is 8.65. The number of aromatic nitrogens is 3. The molecule has 0 aliphatic heterocycles. The lowest BCUT2D eigenvalue weighted by molar-refractivity contribution is -0.118. The third kappa shape index (κ3) is 4.75. The summed E-state index contributed by atoms with van der Waals surface area (Å²) in [7, 11) is 0. The number of amides is 1. The zero-order chi connectivity index (χ0) is 17.8. The van der Waals surface area contributed by atoms with Crippen LogP contribution in [-0.2, 0) is 11.3 Å². The van der Waals surface area contributed by atoms with E-state index in [1.165, 1.54) is 17.3 Å². The Hall–Kier alpha value is -2.02. The van der Waals surface area contributed by atoms with Gasteiger partial charge >= 0.3 is 0 Å². The number of hydrogen-bond donors (Lipinski definition) is 1. The number of hydrogen-bond acceptors (Lipinski definition) is 5. The van der Waals surface area contributed by atoms with Crippen LogP contribution >= 0.6 is 11.8 Å². The smallest absolute Gasteiger partial charge is 0.230 e. The molecule has 1 saturated carbocycles. The minimum absolute atomic E-state index is 0.0589. The lowest BCUT2D eigenvalue weighted by Gasteiger charge is -2.15. The molecule has 1 aromatic carbocycles. The average molecular weight is 360 g/mol. The SMILES string of the molecule is CCn1c(SCC(=O)NC2CC2)nnc1C(C)Oc1ccc(C)cc1. The van der Waals surface area contributed by atoms with Gasteiger partial charge in [0.2, 0.25) is 5.91 Å². The number of carbonyl (C=O) groups excluding carboxylic acids is 1. The van der Waals surface area contributed by atoms with Crippen molar-refractivity contribution in [3.05, 3.63) is 35.7 Å². The molecule has 1 heterocycles. The average Bonchev–Trinajstić information content (AvgIpc) is 3.31. The van der Waals surface area contributed by atoms with Crippen LogP contribution in [-0.4, -0.2) is 32.5 Å². The molecule has 3 rings (SSSR count). The Kier molecular flexibility index (Phi) is 5.63. The number of aryl methyl sites for hydroxylation is 1. The van der Waals surface area contributed by atoms with E-state index in [1.807, 2.05) is 49.6 Å². The molecule has 1 aromatic heterocycles. The summed E-state index contributed by atoms with van der Waals surface area (Å²) in [5.74, 6) is 2.00. The van der Waals surface area contributed by atoms with Gasteiger partial charge in [0.05, 0.1) is 5.75 Å². The first-order chi connectivity index (χ1) is 12.1. The third-order valence-corrected chi connectivity index (χ3v) is 5.00. The van der Waals surface area contributed by atoms with Crippen molar-refractivity contribution in [2.45, 2.75) is 57.5 Å². The Morgan fingerprint density at radius 3 is 2.72 bits per heavy atom. The Balaban J connectivity index is 1.63. The number of thioether (sulfide) groups is 1. The zero-order valence-electron chi connectivity index (χ0n) is 14.9. The largest absolute Gasteiger partial charge is 0.483 e. The topological polar surface area (TPSA) is 69.0 Å². The molecular formula is C18H24N4O2S. The second-order valence-corrected chi connectivity index (χ2v) is 7.23. The first kappa shape index (κ1) is 17.8. The lowest BCUT2D eigenvalue weighted by atomic mass is 10.2. The molecular weight excluding hydrogens is 336 g/mol. The number of rotatable bonds is 8. The van der Waals surface area contributed by atoms with Gasteiger partial charge in [-0.2, -0.15) is 0 Å². The molecule has 1 aliphatic rings. The molecule has 1 amide bonds. The van der Waals surface area contributed by atoms with E-state index in [1.54, 1.807) is 0 Å². The molecule has 7 heteroatoms. The number of ether oxygens (including phenoxy) is 1. The minimum atomic E-state index is -0.218. The molecule has 1 N–H and O–H groups in total. The fourth-order valence-corrected chi connectivity index (χ4v) is 3.33. The monoisotopic (exact) mass is 360 g/mol. The predicted molar refractivity (Wildman–Crippen MR) is 97.8 cm³/mol. The first-order valence-corrected chi connectivity index (χ1v) is 9.64. The maximum atomic E-state index is 11.9. The molecule has 0 bridgehead atoms. The molecule has 1 unspecified atom stereocenters. The van der Waals surface area contributed by atoms with Gasteiger partial charge in [-0.1, -0.05) is 29.5 Å². The minimum Gasteiger partial charge on any atom is -0.483 e. The molecule has 134 valence electrons. The summed E-state index contributed by atoms with van der Waals surface area (Å²) < 4.78 is 7.99. The highest BCUT2D eigenvalue weighted by Gasteiger charge is 2.24. The summed E-state index contributed by atoms with van der Waals surface area (Å²) in [6.07, 6.45) is 1.98. The van der Waals surface area contributed by atoms with Gasteiger partial charge in [-0.15, -0.1) is 10.2 Å². The van der Waals surface area contributed by atoms with Crippen molar-refractivity contribution in [1.29, 1.82) is 0 Å². The van der Waals surface area contributed by atoms with Crippen LogP contribution in [0.1, 0.15) is 44.2 Å². The maximum Gasteiger partial charge on any atom is 0.230 e. The normalized spacial score (nSPS) is 15.0. The molecule has 6 nitrogen and oxygen atoms in total. The second-order valence-electron chi connectivity index (χ2n) is 6.29. The van der Waals surface area contributed by atoms with Crippen molar-refractivity contribution in [1.82, 2.24) is 20.1 Å². The Morgan fingerprint density at radius 1 is 1.36 bits per heavy atom. The van der Waals surface area contributed by atoms with Crippen molar-refractivity contribution in [3.63, 3.8) is 0 Å². The molecule has 0 spiro atoms. The third-order valence-electron chi connectivity index (χ3n) is 4.03. The van der Waals surface area contributed by atoms with Crippen LogP contribution in [0, 0.1) is 6.92 Å². The molecule has 2 aromatic rings. The van der Waals surface area contributed by atoms with E-state index in [4.69, 9.17) is 4.74 Å². The summed E-state index contributed by atoms with van der Waals surface area (Å²) >= 11 is 1.42. The van der Waals surface area contributed by atoms with Gasteiger partial charge in [-0.05, 0) is 45.7 Å². The van der Waals surface area contributed by atoms with Gasteiger partial charge in [0, 0.05) is 12.6 Å². The summed E-state index contributed by atoms with van der Waals surface area (Å²) in [5, 5.41) is 12.3. The molecule has 1 aliphatic carbocycles. The van der Waals surface area contributed by atoms with Gasteiger partial charge in [-0.3, -0.25) is 4.79 Å². The number of nitrogens with one attached hydrogen (secondary N) is 1. The van der Waals surface area contributed by atoms with Gasteiger partial charge in [0.15, 0.2) is 17.1 Å². The Morgan fingerprint density at radius 2 is 2.08 bits per heavy atom. The Labute approximate surface area is 152 Å². The molecule has 0 saturated heterocycles. The fraction of sp³-hybridized carbons (Fsp3) is 0.500. The highest BCUT2D eigenvalue weighted by Crippen LogP contribution is 2.25. The predicted octanol–water partition coefficient (Wildman–Crippen LogP) is 3.12. The highest BCUT2D eigenvalue weighted by atomic mass is 32.2. The Bertz CT molecular complexity index is 725. The number of benzene rings is 1. The quantitative estimate of drug-likeness (QED) is 0.733. The van der Waals surface area contributed by atoms with Crippen LogP contribution in [0.15, 0.2) is 29.4 Å². The van der Waals surface area contributed by atoms with E-state index in [9.17, 15) is 4.79 Å². The van der Waals surface area contributed by atoms with E-state index >= 15 is 0 Å². The zero-order valence-corrected chi connectivity index (χ0v) is 15.7. The maximum absolute atomic E-state index is 11.9. The van der Waals surface area contributed by atoms with E-state index in [-0.39, 0.29) is 12.0 Å². The second kappa shape index (κ2) is 7.91.